The second kappa shape index (κ2) is 14.6. The van der Waals surface area contributed by atoms with Crippen molar-refractivity contribution < 1.29 is 27.9 Å². The molecule has 2 aromatic heterocycles. The molecule has 1 saturated heterocycles. The number of benzene rings is 2. The van der Waals surface area contributed by atoms with Crippen LogP contribution >= 0.6 is 11.6 Å². The number of hydrogen-bond acceptors (Lipinski definition) is 7. The van der Waals surface area contributed by atoms with Gasteiger partial charge in [0.15, 0.2) is 17.5 Å². The van der Waals surface area contributed by atoms with Gasteiger partial charge in [-0.05, 0) is 45.3 Å². The summed E-state index contributed by atoms with van der Waals surface area (Å²) < 4.78 is 39.0. The first-order valence-electron chi connectivity index (χ1n) is 15.3. The molecule has 48 heavy (non-hydrogen) atoms. The fourth-order valence-electron chi connectivity index (χ4n) is 5.59. The number of methoxy groups -OCH3 is 1. The lowest BCUT2D eigenvalue weighted by Crippen LogP contribution is -2.52. The molecule has 254 valence electrons. The van der Waals surface area contributed by atoms with Gasteiger partial charge in [-0.15, -0.1) is 0 Å². The number of nitrogens with one attached hydrogen (secondary N) is 1. The van der Waals surface area contributed by atoms with E-state index >= 15 is 8.78 Å². The predicted molar refractivity (Wildman–Crippen MR) is 177 cm³/mol. The molecule has 0 aliphatic carbocycles. The third-order valence-electron chi connectivity index (χ3n) is 8.28. The van der Waals surface area contributed by atoms with E-state index in [4.69, 9.17) is 16.3 Å². The van der Waals surface area contributed by atoms with E-state index in [1.54, 1.807) is 39.5 Å². The van der Waals surface area contributed by atoms with Crippen LogP contribution in [0.4, 0.5) is 14.5 Å². The van der Waals surface area contributed by atoms with Crippen molar-refractivity contribution in [2.45, 2.75) is 13.5 Å². The lowest BCUT2D eigenvalue weighted by atomic mass is 10.0. The Labute approximate surface area is 281 Å². The van der Waals surface area contributed by atoms with Crippen molar-refractivity contribution in [2.24, 2.45) is 7.05 Å². The van der Waals surface area contributed by atoms with Crippen LogP contribution in [0.1, 0.15) is 26.7 Å². The van der Waals surface area contributed by atoms with Gasteiger partial charge in [0.25, 0.3) is 11.8 Å². The summed E-state index contributed by atoms with van der Waals surface area (Å²) in [5.41, 5.74) is 1.89. The monoisotopic (exact) mass is 682 g/mol. The number of amides is 3. The number of carbonyl (C=O) groups excluding carboxylic acids is 3. The van der Waals surface area contributed by atoms with Crippen LogP contribution in [0.15, 0.2) is 42.7 Å². The first kappa shape index (κ1) is 34.7. The van der Waals surface area contributed by atoms with Crippen LogP contribution in [-0.4, -0.2) is 112 Å². The number of piperazine rings is 1. The SMILES string of the molecule is COCCn1ncc(-c2ccc(-c3cnc(C(=O)Nc4ccc(C(=O)N5CCN(C(=O)CN(C)C)CC5)c(Cl)c4)n3C)c(F)c2F)c1C. The molecule has 1 aliphatic rings. The summed E-state index contributed by atoms with van der Waals surface area (Å²) in [6, 6.07) is 7.44. The van der Waals surface area contributed by atoms with Crippen molar-refractivity contribution >= 4 is 35.0 Å². The molecule has 15 heteroatoms. The Kier molecular flexibility index (Phi) is 10.6. The van der Waals surface area contributed by atoms with Gasteiger partial charge < -0.3 is 29.3 Å². The number of nitrogens with zero attached hydrogens (tertiary/aromatic N) is 7. The van der Waals surface area contributed by atoms with Crippen LogP contribution < -0.4 is 5.32 Å². The number of ether oxygens (including phenoxy) is 1. The van der Waals surface area contributed by atoms with Crippen molar-refractivity contribution in [1.29, 1.82) is 0 Å². The molecule has 3 heterocycles. The van der Waals surface area contributed by atoms with Crippen molar-refractivity contribution in [3.8, 4) is 22.4 Å². The van der Waals surface area contributed by atoms with Crippen LogP contribution in [0.5, 0.6) is 0 Å². The highest BCUT2D eigenvalue weighted by Crippen LogP contribution is 2.33. The van der Waals surface area contributed by atoms with Gasteiger partial charge >= 0.3 is 0 Å². The molecule has 0 atom stereocenters. The molecule has 0 spiro atoms. The van der Waals surface area contributed by atoms with E-state index in [2.05, 4.69) is 15.4 Å². The standard InChI is InChI=1S/C33H37ClF2N8O4/c1-20-25(17-38-44(20)14-15-48-5)22-8-9-24(30(36)29(22)35)27-18-37-31(41(27)4)32(46)39-21-6-7-23(26(34)16-21)33(47)43-12-10-42(11-13-43)28(45)19-40(2)3/h6-9,16-18H,10-15,19H2,1-5H3,(H,39,46). The Balaban J connectivity index is 1.27. The van der Waals surface area contributed by atoms with Gasteiger partial charge in [-0.25, -0.2) is 13.8 Å². The minimum absolute atomic E-state index is 0.00814. The number of likely N-dealkylation sites (N-methyl/N-ethyl adjacent to an activating group) is 1. The van der Waals surface area contributed by atoms with Gasteiger partial charge in [0.1, 0.15) is 0 Å². The van der Waals surface area contributed by atoms with Crippen molar-refractivity contribution in [3.05, 3.63) is 76.5 Å². The lowest BCUT2D eigenvalue weighted by Gasteiger charge is -2.35. The zero-order valence-corrected chi connectivity index (χ0v) is 28.1. The van der Waals surface area contributed by atoms with Crippen LogP contribution in [0.2, 0.25) is 5.02 Å². The minimum atomic E-state index is -1.08. The zero-order chi connectivity index (χ0) is 34.7. The normalized spacial score (nSPS) is 13.4. The largest absolute Gasteiger partial charge is 0.383 e. The third-order valence-corrected chi connectivity index (χ3v) is 8.59. The summed E-state index contributed by atoms with van der Waals surface area (Å²) in [5.74, 6) is -3.07. The average Bonchev–Trinajstić information content (AvgIpc) is 3.62. The summed E-state index contributed by atoms with van der Waals surface area (Å²) in [6.07, 6.45) is 2.78. The predicted octanol–water partition coefficient (Wildman–Crippen LogP) is 3.94. The lowest BCUT2D eigenvalue weighted by molar-refractivity contribution is -0.133. The maximum absolute atomic E-state index is 15.5. The van der Waals surface area contributed by atoms with Gasteiger partial charge in [-0.3, -0.25) is 19.1 Å². The average molecular weight is 683 g/mol. The van der Waals surface area contributed by atoms with E-state index in [-0.39, 0.29) is 45.0 Å². The van der Waals surface area contributed by atoms with Gasteiger partial charge in [-0.1, -0.05) is 17.7 Å². The zero-order valence-electron chi connectivity index (χ0n) is 27.4. The van der Waals surface area contributed by atoms with Crippen LogP contribution in [0.3, 0.4) is 0 Å². The van der Waals surface area contributed by atoms with Gasteiger partial charge in [-0.2, -0.15) is 5.10 Å². The van der Waals surface area contributed by atoms with E-state index in [0.717, 1.165) is 0 Å². The van der Waals surface area contributed by atoms with Crippen LogP contribution in [0, 0.1) is 18.6 Å². The fourth-order valence-corrected chi connectivity index (χ4v) is 5.85. The number of rotatable bonds is 10. The molecule has 2 aromatic carbocycles. The number of carbonyl (C=O) groups is 3. The molecule has 0 saturated carbocycles. The molecule has 1 N–H and O–H groups in total. The number of hydrogen-bond donors (Lipinski definition) is 1. The van der Waals surface area contributed by atoms with Gasteiger partial charge in [0.2, 0.25) is 5.91 Å². The van der Waals surface area contributed by atoms with E-state index in [9.17, 15) is 14.4 Å². The minimum Gasteiger partial charge on any atom is -0.383 e. The number of halogens is 3. The molecule has 5 rings (SSSR count). The highest BCUT2D eigenvalue weighted by atomic mass is 35.5. The van der Waals surface area contributed by atoms with E-state index in [1.165, 1.54) is 48.3 Å². The maximum atomic E-state index is 15.5. The maximum Gasteiger partial charge on any atom is 0.291 e. The van der Waals surface area contributed by atoms with Crippen molar-refractivity contribution in [3.63, 3.8) is 0 Å². The van der Waals surface area contributed by atoms with E-state index < -0.39 is 17.5 Å². The number of anilines is 1. The Morgan fingerprint density at radius 3 is 2.31 bits per heavy atom. The quantitative estimate of drug-likeness (QED) is 0.269. The second-order valence-corrected chi connectivity index (χ2v) is 12.1. The number of aromatic nitrogens is 4. The highest BCUT2D eigenvalue weighted by Gasteiger charge is 2.27. The summed E-state index contributed by atoms with van der Waals surface area (Å²) in [5, 5.41) is 7.09. The third kappa shape index (κ3) is 7.10. The summed E-state index contributed by atoms with van der Waals surface area (Å²) in [6.45, 7) is 4.58. The molecule has 12 nitrogen and oxygen atoms in total. The van der Waals surface area contributed by atoms with Crippen LogP contribution in [0.25, 0.3) is 22.4 Å². The first-order chi connectivity index (χ1) is 22.9. The van der Waals surface area contributed by atoms with Crippen molar-refractivity contribution in [2.75, 3.05) is 65.9 Å². The summed E-state index contributed by atoms with van der Waals surface area (Å²) in [7, 11) is 6.75. The molecule has 1 aliphatic heterocycles. The Bertz CT molecular complexity index is 1850. The topological polar surface area (TPSA) is 118 Å². The molecular formula is C33H37ClF2N8O4. The summed E-state index contributed by atoms with van der Waals surface area (Å²) in [4.78, 5) is 48.0. The molecule has 4 aromatic rings. The first-order valence-corrected chi connectivity index (χ1v) is 15.6. The molecule has 1 fully saturated rings. The Morgan fingerprint density at radius 1 is 0.979 bits per heavy atom. The fraction of sp³-hybridized carbons (Fsp3) is 0.364. The Hall–Kier alpha value is -4.66. The van der Waals surface area contributed by atoms with Crippen molar-refractivity contribution in [1.82, 2.24) is 34.0 Å². The van der Waals surface area contributed by atoms with E-state index in [0.29, 0.717) is 62.8 Å². The molecule has 0 radical (unpaired) electrons. The van der Waals surface area contributed by atoms with E-state index in [1.807, 2.05) is 14.1 Å². The Morgan fingerprint density at radius 2 is 1.65 bits per heavy atom. The summed E-state index contributed by atoms with van der Waals surface area (Å²) >= 11 is 6.47. The number of imidazole rings is 1. The van der Waals surface area contributed by atoms with Gasteiger partial charge in [0, 0.05) is 68.4 Å². The van der Waals surface area contributed by atoms with Crippen LogP contribution in [-0.2, 0) is 23.1 Å². The second-order valence-electron chi connectivity index (χ2n) is 11.7. The molecule has 0 unspecified atom stereocenters. The smallest absolute Gasteiger partial charge is 0.291 e. The van der Waals surface area contributed by atoms with Gasteiger partial charge in [0.05, 0.1) is 48.4 Å². The molecular weight excluding hydrogens is 646 g/mol. The molecule has 3 amide bonds. The molecule has 0 bridgehead atoms. The highest BCUT2D eigenvalue weighted by molar-refractivity contribution is 6.34.